The van der Waals surface area contributed by atoms with E-state index in [1.165, 1.54) is 0 Å². The van der Waals surface area contributed by atoms with Crippen LogP contribution in [0.15, 0.2) is 30.3 Å². The first-order chi connectivity index (χ1) is 12.1. The molecule has 0 heterocycles. The fourth-order valence-corrected chi connectivity index (χ4v) is 1.91. The summed E-state index contributed by atoms with van der Waals surface area (Å²) in [4.78, 5) is 35.5. The average Bonchev–Trinajstić information content (AvgIpc) is 2.55. The zero-order valence-electron chi connectivity index (χ0n) is 15.9. The number of aliphatic carboxylic acids is 1. The third kappa shape index (κ3) is 9.62. The molecule has 0 bridgehead atoms. The Labute approximate surface area is 179 Å². The first kappa shape index (κ1) is 25.2. The van der Waals surface area contributed by atoms with Crippen LogP contribution in [0.3, 0.4) is 0 Å². The number of carboxylic acid groups (broad SMARTS) is 1. The fraction of sp³-hybridized carbons (Fsp3) is 0.471. The summed E-state index contributed by atoms with van der Waals surface area (Å²) in [6.45, 7) is 4.14. The fourth-order valence-electron chi connectivity index (χ4n) is 1.91. The minimum absolute atomic E-state index is 0. The van der Waals surface area contributed by atoms with Crippen LogP contribution >= 0.6 is 0 Å². The molecule has 1 aromatic rings. The molecule has 9 nitrogen and oxygen atoms in total. The van der Waals surface area contributed by atoms with Gasteiger partial charge >= 0.3 is 41.7 Å². The van der Waals surface area contributed by atoms with Gasteiger partial charge in [0.25, 0.3) is 0 Å². The van der Waals surface area contributed by atoms with Gasteiger partial charge in [-0.2, -0.15) is 0 Å². The molecule has 1 atom stereocenters. The minimum atomic E-state index is -1.66. The summed E-state index contributed by atoms with van der Waals surface area (Å²) in [5, 5.41) is 20.8. The van der Waals surface area contributed by atoms with Crippen LogP contribution in [0.5, 0.6) is 0 Å². The van der Waals surface area contributed by atoms with Gasteiger partial charge < -0.3 is 24.5 Å². The van der Waals surface area contributed by atoms with Gasteiger partial charge in [0.15, 0.2) is 0 Å². The van der Waals surface area contributed by atoms with Gasteiger partial charge in [0.1, 0.15) is 12.2 Å². The number of rotatable bonds is 6. The number of carbonyl (C=O) groups excluding carboxylic acids is 3. The van der Waals surface area contributed by atoms with Crippen LogP contribution in [-0.4, -0.2) is 46.5 Å². The van der Waals surface area contributed by atoms with Gasteiger partial charge in [-0.1, -0.05) is 30.3 Å². The van der Waals surface area contributed by atoms with Gasteiger partial charge in [0.05, 0.1) is 12.0 Å². The molecule has 0 aliphatic rings. The van der Waals surface area contributed by atoms with Crippen LogP contribution in [0, 0.1) is 0 Å². The largest absolute Gasteiger partial charge is 1.00 e. The number of hydrazine groups is 1. The van der Waals surface area contributed by atoms with Crippen LogP contribution in [0.25, 0.3) is 0 Å². The number of carboxylic acids is 1. The zero-order valence-corrected chi connectivity index (χ0v) is 17.9. The number of ether oxygens (including phenoxy) is 2. The van der Waals surface area contributed by atoms with E-state index in [0.29, 0.717) is 10.6 Å². The molecule has 0 aromatic heterocycles. The Morgan fingerprint density at radius 2 is 1.81 bits per heavy atom. The van der Waals surface area contributed by atoms with E-state index in [2.05, 4.69) is 0 Å². The number of hydrogen-bond donors (Lipinski definition) is 2. The first-order valence-corrected chi connectivity index (χ1v) is 7.95. The number of aliphatic hydroxyl groups excluding tert-OH is 1. The van der Waals surface area contributed by atoms with Crippen molar-refractivity contribution < 1.29 is 63.6 Å². The minimum Gasteiger partial charge on any atom is -0.548 e. The van der Waals surface area contributed by atoms with Gasteiger partial charge in [0, 0.05) is 6.61 Å². The Morgan fingerprint density at radius 3 is 2.30 bits per heavy atom. The summed E-state index contributed by atoms with van der Waals surface area (Å²) in [6, 6.07) is 7.07. The molecule has 0 saturated heterocycles. The third-order valence-corrected chi connectivity index (χ3v) is 3.00. The molecule has 0 spiro atoms. The Balaban J connectivity index is 0.00000676. The van der Waals surface area contributed by atoms with Crippen molar-refractivity contribution in [1.29, 1.82) is 0 Å². The number of nitrogens with one attached hydrogen (secondary N) is 1. The number of amides is 2. The molecule has 1 aromatic carbocycles. The molecular formula is C17H23N2NaO7. The van der Waals surface area contributed by atoms with Crippen LogP contribution in [0.4, 0.5) is 9.59 Å². The Kier molecular flexibility index (Phi) is 11.0. The van der Waals surface area contributed by atoms with Crippen molar-refractivity contribution in [2.45, 2.75) is 45.4 Å². The van der Waals surface area contributed by atoms with E-state index in [1.54, 1.807) is 51.1 Å². The van der Waals surface area contributed by atoms with Gasteiger partial charge in [-0.25, -0.2) is 20.0 Å². The van der Waals surface area contributed by atoms with Crippen molar-refractivity contribution in [1.82, 2.24) is 10.4 Å². The molecule has 0 unspecified atom stereocenters. The van der Waals surface area contributed by atoms with Crippen molar-refractivity contribution in [3.8, 4) is 0 Å². The Bertz CT molecular complexity index is 619. The molecular weight excluding hydrogens is 367 g/mol. The second-order valence-corrected chi connectivity index (χ2v) is 6.37. The van der Waals surface area contributed by atoms with Gasteiger partial charge in [-0.15, -0.1) is 0 Å². The predicted molar refractivity (Wildman–Crippen MR) is 88.3 cm³/mol. The van der Waals surface area contributed by atoms with Gasteiger partial charge in [-0.05, 0) is 32.8 Å². The SMILES string of the molecule is CC(C)(C)OC(=O)NN(C(=O)OCc1ccccc1)[C@@H](CCO)C(=O)[O-].[Na+]. The molecule has 0 aliphatic carbocycles. The predicted octanol–water partition coefficient (Wildman–Crippen LogP) is -2.43. The quantitative estimate of drug-likeness (QED) is 0.408. The second-order valence-electron chi connectivity index (χ2n) is 6.37. The smallest absolute Gasteiger partial charge is 0.548 e. The maximum atomic E-state index is 12.3. The molecule has 0 aliphatic heterocycles. The monoisotopic (exact) mass is 390 g/mol. The standard InChI is InChI=1S/C17H24N2O7.Na/c1-17(2,3)26-15(23)18-19(13(9-10-20)14(21)22)16(24)25-11-12-7-5-4-6-8-12;/h4-8,13,20H,9-11H2,1-3H3,(H,18,23)(H,21,22);/q;+1/p-1/t13-;/m0./s1. The molecule has 10 heteroatoms. The molecule has 0 saturated carbocycles. The Morgan fingerprint density at radius 1 is 1.22 bits per heavy atom. The molecule has 144 valence electrons. The first-order valence-electron chi connectivity index (χ1n) is 7.95. The summed E-state index contributed by atoms with van der Waals surface area (Å²) in [6.07, 6.45) is -2.53. The number of carbonyl (C=O) groups is 3. The van der Waals surface area contributed by atoms with Crippen molar-refractivity contribution in [3.05, 3.63) is 35.9 Å². The van der Waals surface area contributed by atoms with Crippen LogP contribution in [0.1, 0.15) is 32.8 Å². The van der Waals surface area contributed by atoms with Crippen molar-refractivity contribution in [2.75, 3.05) is 6.61 Å². The van der Waals surface area contributed by atoms with Gasteiger partial charge in [-0.3, -0.25) is 0 Å². The van der Waals surface area contributed by atoms with Crippen LogP contribution in [-0.2, 0) is 20.9 Å². The summed E-state index contributed by atoms with van der Waals surface area (Å²) >= 11 is 0. The van der Waals surface area contributed by atoms with E-state index < -0.39 is 36.4 Å². The van der Waals surface area contributed by atoms with E-state index in [4.69, 9.17) is 14.6 Å². The Hall–Kier alpha value is -1.81. The third-order valence-electron chi connectivity index (χ3n) is 3.00. The number of aliphatic hydroxyl groups is 1. The summed E-state index contributed by atoms with van der Waals surface area (Å²) < 4.78 is 10.1. The summed E-state index contributed by atoms with van der Waals surface area (Å²) in [7, 11) is 0. The maximum Gasteiger partial charge on any atom is 1.00 e. The summed E-state index contributed by atoms with van der Waals surface area (Å²) in [5.41, 5.74) is 1.85. The molecule has 0 radical (unpaired) electrons. The molecule has 0 fully saturated rings. The van der Waals surface area contributed by atoms with E-state index in [-0.39, 0.29) is 42.6 Å². The van der Waals surface area contributed by atoms with Crippen LogP contribution < -0.4 is 40.1 Å². The maximum absolute atomic E-state index is 12.3. The van der Waals surface area contributed by atoms with Crippen molar-refractivity contribution in [2.24, 2.45) is 0 Å². The van der Waals surface area contributed by atoms with E-state index in [0.717, 1.165) is 0 Å². The normalized spacial score (nSPS) is 11.6. The van der Waals surface area contributed by atoms with Gasteiger partial charge in [0.2, 0.25) is 0 Å². The molecule has 1 rings (SSSR count). The molecule has 2 N–H and O–H groups in total. The molecule has 2 amide bonds. The number of hydrogen-bond acceptors (Lipinski definition) is 7. The number of benzene rings is 1. The summed E-state index contributed by atoms with van der Waals surface area (Å²) in [5.74, 6) is -1.66. The van der Waals surface area contributed by atoms with Crippen molar-refractivity contribution in [3.63, 3.8) is 0 Å². The second kappa shape index (κ2) is 11.8. The van der Waals surface area contributed by atoms with Crippen LogP contribution in [0.2, 0.25) is 0 Å². The zero-order chi connectivity index (χ0) is 19.7. The van der Waals surface area contributed by atoms with E-state index >= 15 is 0 Å². The van der Waals surface area contributed by atoms with E-state index in [1.807, 2.05) is 5.43 Å². The molecule has 27 heavy (non-hydrogen) atoms. The number of nitrogens with zero attached hydrogens (tertiary/aromatic N) is 1. The van der Waals surface area contributed by atoms with Crippen molar-refractivity contribution >= 4 is 18.2 Å². The van der Waals surface area contributed by atoms with E-state index in [9.17, 15) is 19.5 Å². The topological polar surface area (TPSA) is 128 Å². The average molecular weight is 390 g/mol.